The second-order valence-electron chi connectivity index (χ2n) is 4.78. The quantitative estimate of drug-likeness (QED) is 0.441. The summed E-state index contributed by atoms with van der Waals surface area (Å²) in [4.78, 5) is 46.8. The van der Waals surface area contributed by atoms with Crippen molar-refractivity contribution < 1.29 is 29.4 Å². The Balaban J connectivity index is 0. The van der Waals surface area contributed by atoms with E-state index in [0.717, 1.165) is 11.3 Å². The van der Waals surface area contributed by atoms with Gasteiger partial charge >= 0.3 is 12.0 Å². The number of urea groups is 1. The Hall–Kier alpha value is -2.60. The number of amides is 4. The Bertz CT molecular complexity index is 463. The van der Waals surface area contributed by atoms with E-state index in [1.807, 2.05) is 6.92 Å². The monoisotopic (exact) mass is 343 g/mol. The third-order valence-electron chi connectivity index (χ3n) is 2.89. The maximum absolute atomic E-state index is 11.9. The van der Waals surface area contributed by atoms with Gasteiger partial charge in [-0.25, -0.2) is 9.59 Å². The fraction of sp³-hybridized carbons (Fsp3) is 0.600. The molecule has 4 amide bonds. The number of carbonyl (C=O) groups excluding carboxylic acids is 3. The topological polar surface area (TPSA) is 136 Å². The van der Waals surface area contributed by atoms with Crippen molar-refractivity contribution in [2.75, 3.05) is 13.2 Å². The van der Waals surface area contributed by atoms with Gasteiger partial charge in [0.2, 0.25) is 11.8 Å². The van der Waals surface area contributed by atoms with Gasteiger partial charge in [0.05, 0.1) is 6.61 Å². The van der Waals surface area contributed by atoms with Crippen LogP contribution in [0.5, 0.6) is 0 Å². The number of aliphatic carboxylic acids is 1. The summed E-state index contributed by atoms with van der Waals surface area (Å²) in [5, 5.41) is 22.0. The number of unbranched alkanes of at least 4 members (excludes halogenated alkanes) is 1. The number of nitrogens with one attached hydrogen (secondary N) is 2. The number of carbonyl (C=O) groups is 4. The van der Waals surface area contributed by atoms with Crippen LogP contribution >= 0.6 is 0 Å². The molecule has 0 unspecified atom stereocenters. The van der Waals surface area contributed by atoms with Crippen LogP contribution in [0.2, 0.25) is 0 Å². The Morgan fingerprint density at radius 1 is 1.17 bits per heavy atom. The number of imide groups is 1. The Kier molecular flexibility index (Phi) is 12.7. The summed E-state index contributed by atoms with van der Waals surface area (Å²) in [7, 11) is 0. The molecule has 0 saturated carbocycles. The standard InChI is InChI=1S/C13H23N3O6.C2H2/c1-4-5-6-16(9(3)18)13(22)14-8(2)11(19)15-10(7-17)12(20)21;1-2/h8,10,17H,4-7H2,1-3H3,(H,14,22)(H,15,19)(H,20,21);1-2H/t8-,10-;/m0./s1. The van der Waals surface area contributed by atoms with Crippen molar-refractivity contribution in [3.8, 4) is 12.8 Å². The minimum Gasteiger partial charge on any atom is -0.480 e. The van der Waals surface area contributed by atoms with Gasteiger partial charge in [0.25, 0.3) is 0 Å². The van der Waals surface area contributed by atoms with Gasteiger partial charge in [0.1, 0.15) is 12.1 Å². The first kappa shape index (κ1) is 23.7. The van der Waals surface area contributed by atoms with Crippen molar-refractivity contribution in [2.45, 2.75) is 45.7 Å². The third kappa shape index (κ3) is 8.75. The van der Waals surface area contributed by atoms with Crippen LogP contribution in [0.3, 0.4) is 0 Å². The molecule has 0 radical (unpaired) electrons. The normalized spacial score (nSPS) is 11.9. The van der Waals surface area contributed by atoms with Crippen LogP contribution < -0.4 is 10.6 Å². The predicted molar refractivity (Wildman–Crippen MR) is 86.8 cm³/mol. The van der Waals surface area contributed by atoms with Gasteiger partial charge < -0.3 is 20.8 Å². The van der Waals surface area contributed by atoms with Gasteiger partial charge in [0, 0.05) is 13.5 Å². The molecule has 9 nitrogen and oxygen atoms in total. The van der Waals surface area contributed by atoms with E-state index >= 15 is 0 Å². The molecular formula is C15H25N3O6. The summed E-state index contributed by atoms with van der Waals surface area (Å²) in [6, 6.07) is -3.22. The maximum atomic E-state index is 11.9. The molecule has 0 spiro atoms. The molecule has 0 aliphatic carbocycles. The number of carboxylic acids is 1. The smallest absolute Gasteiger partial charge is 0.328 e. The third-order valence-corrected chi connectivity index (χ3v) is 2.89. The van der Waals surface area contributed by atoms with Crippen molar-refractivity contribution in [3.63, 3.8) is 0 Å². The van der Waals surface area contributed by atoms with Crippen molar-refractivity contribution >= 4 is 23.8 Å². The highest BCUT2D eigenvalue weighted by Crippen LogP contribution is 1.98. The predicted octanol–water partition coefficient (Wildman–Crippen LogP) is -0.456. The summed E-state index contributed by atoms with van der Waals surface area (Å²) in [5.41, 5.74) is 0. The first-order chi connectivity index (χ1) is 11.2. The number of hydrogen-bond donors (Lipinski definition) is 4. The van der Waals surface area contributed by atoms with Crippen LogP contribution in [0.25, 0.3) is 0 Å². The SMILES string of the molecule is C#C.CCCCN(C(C)=O)C(=O)N[C@@H](C)C(=O)N[C@@H](CO)C(=O)O. The molecule has 9 heteroatoms. The van der Waals surface area contributed by atoms with Gasteiger partial charge in [-0.15, -0.1) is 12.8 Å². The number of hydrogen-bond acceptors (Lipinski definition) is 5. The van der Waals surface area contributed by atoms with E-state index in [2.05, 4.69) is 23.5 Å². The number of carboxylic acid groups (broad SMARTS) is 1. The zero-order valence-corrected chi connectivity index (χ0v) is 14.1. The molecule has 0 fully saturated rings. The minimum absolute atomic E-state index is 0.237. The van der Waals surface area contributed by atoms with Gasteiger partial charge in [0.15, 0.2) is 0 Å². The lowest BCUT2D eigenvalue weighted by molar-refractivity contribution is -0.143. The average molecular weight is 343 g/mol. The van der Waals surface area contributed by atoms with Gasteiger partial charge in [-0.05, 0) is 13.3 Å². The molecule has 0 aliphatic heterocycles. The number of aliphatic hydroxyl groups excluding tert-OH is 1. The van der Waals surface area contributed by atoms with Gasteiger partial charge in [-0.3, -0.25) is 14.5 Å². The van der Waals surface area contributed by atoms with E-state index < -0.39 is 42.5 Å². The van der Waals surface area contributed by atoms with Crippen LogP contribution in [-0.2, 0) is 14.4 Å². The van der Waals surface area contributed by atoms with Crippen molar-refractivity contribution in [3.05, 3.63) is 0 Å². The van der Waals surface area contributed by atoms with Crippen molar-refractivity contribution in [1.82, 2.24) is 15.5 Å². The van der Waals surface area contributed by atoms with E-state index in [1.54, 1.807) is 0 Å². The Labute approximate surface area is 141 Å². The number of nitrogens with zero attached hydrogens (tertiary/aromatic N) is 1. The van der Waals surface area contributed by atoms with Crippen LogP contribution in [0, 0.1) is 12.8 Å². The summed E-state index contributed by atoms with van der Waals surface area (Å²) >= 11 is 0. The van der Waals surface area contributed by atoms with E-state index in [1.165, 1.54) is 13.8 Å². The minimum atomic E-state index is -1.45. The van der Waals surface area contributed by atoms with Crippen molar-refractivity contribution in [2.24, 2.45) is 0 Å². The van der Waals surface area contributed by atoms with Gasteiger partial charge in [-0.2, -0.15) is 0 Å². The highest BCUT2D eigenvalue weighted by Gasteiger charge is 2.25. The molecule has 4 N–H and O–H groups in total. The van der Waals surface area contributed by atoms with Crippen LogP contribution in [0.15, 0.2) is 0 Å². The number of rotatable bonds is 8. The fourth-order valence-corrected chi connectivity index (χ4v) is 1.53. The summed E-state index contributed by atoms with van der Waals surface area (Å²) < 4.78 is 0. The molecule has 0 aliphatic rings. The highest BCUT2D eigenvalue weighted by molar-refractivity contribution is 5.96. The molecule has 0 aromatic heterocycles. The fourth-order valence-electron chi connectivity index (χ4n) is 1.53. The zero-order chi connectivity index (χ0) is 19.3. The van der Waals surface area contributed by atoms with Crippen LogP contribution in [0.4, 0.5) is 4.79 Å². The Morgan fingerprint density at radius 2 is 1.71 bits per heavy atom. The molecular weight excluding hydrogens is 318 g/mol. The number of aliphatic hydroxyl groups is 1. The first-order valence-electron chi connectivity index (χ1n) is 7.30. The van der Waals surface area contributed by atoms with E-state index in [-0.39, 0.29) is 6.54 Å². The molecule has 0 saturated heterocycles. The largest absolute Gasteiger partial charge is 0.480 e. The van der Waals surface area contributed by atoms with E-state index in [0.29, 0.717) is 6.42 Å². The Morgan fingerprint density at radius 3 is 2.08 bits per heavy atom. The van der Waals surface area contributed by atoms with Gasteiger partial charge in [-0.1, -0.05) is 13.3 Å². The highest BCUT2D eigenvalue weighted by atomic mass is 16.4. The summed E-state index contributed by atoms with van der Waals surface area (Å²) in [6.45, 7) is 3.97. The summed E-state index contributed by atoms with van der Waals surface area (Å²) in [6.07, 6.45) is 9.43. The summed E-state index contributed by atoms with van der Waals surface area (Å²) in [5.74, 6) is -2.60. The molecule has 0 rings (SSSR count). The lowest BCUT2D eigenvalue weighted by Crippen LogP contribution is -2.54. The molecule has 24 heavy (non-hydrogen) atoms. The second kappa shape index (κ2) is 12.9. The maximum Gasteiger partial charge on any atom is 0.328 e. The van der Waals surface area contributed by atoms with E-state index in [9.17, 15) is 19.2 Å². The molecule has 136 valence electrons. The van der Waals surface area contributed by atoms with Crippen molar-refractivity contribution in [1.29, 1.82) is 0 Å². The van der Waals surface area contributed by atoms with Crippen LogP contribution in [0.1, 0.15) is 33.6 Å². The molecule has 0 aromatic carbocycles. The molecule has 0 aromatic rings. The average Bonchev–Trinajstić information content (AvgIpc) is 2.53. The molecule has 0 heterocycles. The second-order valence-corrected chi connectivity index (χ2v) is 4.78. The zero-order valence-electron chi connectivity index (χ0n) is 14.1. The lowest BCUT2D eigenvalue weighted by atomic mass is 10.2. The molecule has 2 atom stereocenters. The number of terminal acetylenes is 1. The van der Waals surface area contributed by atoms with E-state index in [4.69, 9.17) is 10.2 Å². The van der Waals surface area contributed by atoms with Crippen LogP contribution in [-0.4, -0.2) is 64.2 Å². The first-order valence-corrected chi connectivity index (χ1v) is 7.30. The lowest BCUT2D eigenvalue weighted by Gasteiger charge is -2.22. The molecule has 0 bridgehead atoms.